The van der Waals surface area contributed by atoms with Gasteiger partial charge in [-0.1, -0.05) is 30.9 Å². The maximum atomic E-state index is 13.4. The van der Waals surface area contributed by atoms with Gasteiger partial charge in [0.15, 0.2) is 0 Å². The Morgan fingerprint density at radius 3 is 2.71 bits per heavy atom. The Kier molecular flexibility index (Phi) is 9.12. The van der Waals surface area contributed by atoms with Crippen LogP contribution in [0.3, 0.4) is 0 Å². The maximum absolute atomic E-state index is 13.4. The predicted molar refractivity (Wildman–Crippen MR) is 162 cm³/mol. The van der Waals surface area contributed by atoms with Crippen molar-refractivity contribution in [2.75, 3.05) is 36.2 Å². The van der Waals surface area contributed by atoms with E-state index in [1.54, 1.807) is 36.5 Å². The fraction of sp³-hybridized carbons (Fsp3) is 0.310. The molecule has 0 fully saturated rings. The van der Waals surface area contributed by atoms with Crippen molar-refractivity contribution in [2.45, 2.75) is 38.5 Å². The first-order valence-electron chi connectivity index (χ1n) is 13.7. The first kappa shape index (κ1) is 28.8. The number of ether oxygens (including phenoxy) is 1. The largest absolute Gasteiger partial charge is 0.453 e. The van der Waals surface area contributed by atoms with E-state index in [-0.39, 0.29) is 5.91 Å². The van der Waals surface area contributed by atoms with E-state index in [0.29, 0.717) is 27.6 Å². The van der Waals surface area contributed by atoms with Gasteiger partial charge in [-0.25, -0.2) is 9.78 Å². The molecule has 42 heavy (non-hydrogen) atoms. The van der Waals surface area contributed by atoms with Gasteiger partial charge in [-0.2, -0.15) is 4.68 Å². The standard InChI is InChI=1S/C29H32ClN9O3/c1-38-13-7-5-3-4-6-8-26-31-17-23(34-26)28-22(15-21(16-25(28)38)33-29(41)42-2)35-27(40)12-9-19-14-20(30)10-11-24(19)39-18-32-36-37-39/h9-12,14-18H,3-8,13H2,1-2H3,(H,31,34)(H,33,41)(H,35,40). The highest BCUT2D eigenvalue weighted by molar-refractivity contribution is 6.30. The number of nitrogens with zero attached hydrogens (tertiary/aromatic N) is 6. The minimum atomic E-state index is -0.612. The van der Waals surface area contributed by atoms with E-state index in [4.69, 9.17) is 16.3 Å². The number of H-pyrrole nitrogens is 1. The monoisotopic (exact) mass is 589 g/mol. The van der Waals surface area contributed by atoms with Crippen LogP contribution in [-0.4, -0.2) is 62.9 Å². The Hall–Kier alpha value is -4.71. The third-order valence-corrected chi connectivity index (χ3v) is 7.26. The molecule has 218 valence electrons. The van der Waals surface area contributed by atoms with E-state index in [0.717, 1.165) is 67.8 Å². The molecule has 13 heteroatoms. The summed E-state index contributed by atoms with van der Waals surface area (Å²) >= 11 is 6.24. The van der Waals surface area contributed by atoms with Gasteiger partial charge in [0.2, 0.25) is 5.91 Å². The van der Waals surface area contributed by atoms with Crippen molar-refractivity contribution in [1.82, 2.24) is 30.2 Å². The van der Waals surface area contributed by atoms with E-state index in [9.17, 15) is 9.59 Å². The molecule has 4 aromatic rings. The Labute approximate surface area is 248 Å². The van der Waals surface area contributed by atoms with Crippen molar-refractivity contribution in [1.29, 1.82) is 0 Å². The summed E-state index contributed by atoms with van der Waals surface area (Å²) in [5, 5.41) is 17.6. The smallest absolute Gasteiger partial charge is 0.411 e. The van der Waals surface area contributed by atoms with Crippen LogP contribution in [0.1, 0.15) is 43.5 Å². The van der Waals surface area contributed by atoms with Crippen LogP contribution in [-0.2, 0) is 16.0 Å². The molecule has 12 nitrogen and oxygen atoms in total. The summed E-state index contributed by atoms with van der Waals surface area (Å²) in [7, 11) is 3.31. The van der Waals surface area contributed by atoms with Gasteiger partial charge >= 0.3 is 6.09 Å². The van der Waals surface area contributed by atoms with Gasteiger partial charge in [-0.15, -0.1) is 5.10 Å². The Morgan fingerprint density at radius 2 is 1.90 bits per heavy atom. The second kappa shape index (κ2) is 13.3. The average molecular weight is 590 g/mol. The number of hydrogen-bond donors (Lipinski definition) is 3. The van der Waals surface area contributed by atoms with Crippen LogP contribution in [0.5, 0.6) is 0 Å². The van der Waals surface area contributed by atoms with E-state index in [1.807, 2.05) is 13.1 Å². The molecule has 1 aliphatic heterocycles. The molecule has 1 aliphatic rings. The normalized spacial score (nSPS) is 13.9. The summed E-state index contributed by atoms with van der Waals surface area (Å²) in [6.45, 7) is 0.803. The number of benzene rings is 2. The Bertz CT molecular complexity index is 1580. The van der Waals surface area contributed by atoms with Crippen LogP contribution in [0.2, 0.25) is 5.02 Å². The van der Waals surface area contributed by atoms with Crippen molar-refractivity contribution >= 4 is 46.7 Å². The highest BCUT2D eigenvalue weighted by Gasteiger charge is 2.21. The molecule has 0 radical (unpaired) electrons. The van der Waals surface area contributed by atoms with Crippen LogP contribution in [0.4, 0.5) is 21.9 Å². The summed E-state index contributed by atoms with van der Waals surface area (Å²) < 4.78 is 6.32. The summed E-state index contributed by atoms with van der Waals surface area (Å²) in [6.07, 6.45) is 12.0. The number of halogens is 1. The topological polar surface area (TPSA) is 143 Å². The number of rotatable bonds is 5. The molecular formula is C29H32ClN9O3. The van der Waals surface area contributed by atoms with Crippen LogP contribution in [0, 0.1) is 0 Å². The van der Waals surface area contributed by atoms with E-state index in [2.05, 4.69) is 41.0 Å². The van der Waals surface area contributed by atoms with Gasteiger partial charge in [0.1, 0.15) is 12.2 Å². The highest BCUT2D eigenvalue weighted by Crippen LogP contribution is 2.40. The molecule has 5 rings (SSSR count). The zero-order valence-electron chi connectivity index (χ0n) is 23.4. The fourth-order valence-electron chi connectivity index (χ4n) is 4.94. The Balaban J connectivity index is 1.54. The molecule has 0 saturated heterocycles. The maximum Gasteiger partial charge on any atom is 0.411 e. The van der Waals surface area contributed by atoms with Crippen LogP contribution >= 0.6 is 11.6 Å². The lowest BCUT2D eigenvalue weighted by Crippen LogP contribution is -2.21. The van der Waals surface area contributed by atoms with Crippen molar-refractivity contribution in [2.24, 2.45) is 0 Å². The lowest BCUT2D eigenvalue weighted by atomic mass is 10.0. The number of imidazole rings is 1. The first-order valence-corrected chi connectivity index (χ1v) is 14.1. The van der Waals surface area contributed by atoms with Crippen LogP contribution in [0.15, 0.2) is 48.9 Å². The molecule has 2 amide bonds. The predicted octanol–water partition coefficient (Wildman–Crippen LogP) is 5.48. The van der Waals surface area contributed by atoms with Crippen molar-refractivity contribution in [3.05, 3.63) is 65.3 Å². The van der Waals surface area contributed by atoms with Crippen LogP contribution < -0.4 is 15.5 Å². The fourth-order valence-corrected chi connectivity index (χ4v) is 5.12. The number of tetrazole rings is 1. The zero-order valence-corrected chi connectivity index (χ0v) is 24.2. The number of fused-ring (bicyclic) bond motifs is 4. The van der Waals surface area contributed by atoms with E-state index in [1.165, 1.54) is 24.2 Å². The van der Waals surface area contributed by atoms with E-state index >= 15 is 0 Å². The third kappa shape index (κ3) is 6.95. The number of methoxy groups -OCH3 is 1. The second-order valence-corrected chi connectivity index (χ2v) is 10.4. The molecular weight excluding hydrogens is 558 g/mol. The van der Waals surface area contributed by atoms with Gasteiger partial charge in [0, 0.05) is 47.9 Å². The zero-order chi connectivity index (χ0) is 29.5. The van der Waals surface area contributed by atoms with Gasteiger partial charge in [-0.05, 0) is 59.7 Å². The summed E-state index contributed by atoms with van der Waals surface area (Å²) in [4.78, 5) is 35.7. The number of nitrogens with one attached hydrogen (secondary N) is 3. The van der Waals surface area contributed by atoms with Gasteiger partial charge in [0.25, 0.3) is 0 Å². The SMILES string of the molecule is COC(=O)Nc1cc(NC(=O)C=Cc2cc(Cl)ccc2-n2cnnn2)c2c(c1)N(C)CCCCCCCc1ncc-2[nH]1. The molecule has 0 unspecified atom stereocenters. The first-order chi connectivity index (χ1) is 20.4. The lowest BCUT2D eigenvalue weighted by molar-refractivity contribution is -0.111. The second-order valence-electron chi connectivity index (χ2n) is 10.00. The quantitative estimate of drug-likeness (QED) is 0.260. The Morgan fingerprint density at radius 1 is 1.07 bits per heavy atom. The van der Waals surface area contributed by atoms with Gasteiger partial charge in [-0.3, -0.25) is 10.1 Å². The van der Waals surface area contributed by atoms with Crippen LogP contribution in [0.25, 0.3) is 23.0 Å². The third-order valence-electron chi connectivity index (χ3n) is 7.02. The van der Waals surface area contributed by atoms with Crippen molar-refractivity contribution in [3.63, 3.8) is 0 Å². The number of aromatic amines is 1. The average Bonchev–Trinajstić information content (AvgIpc) is 3.68. The minimum absolute atomic E-state index is 0.389. The molecule has 2 aromatic carbocycles. The number of carbonyl (C=O) groups is 2. The lowest BCUT2D eigenvalue weighted by Gasteiger charge is -2.25. The number of aromatic nitrogens is 6. The molecule has 3 heterocycles. The molecule has 2 bridgehead atoms. The number of hydrogen-bond acceptors (Lipinski definition) is 8. The molecule has 0 aliphatic carbocycles. The molecule has 0 saturated carbocycles. The number of anilines is 3. The molecule has 3 N–H and O–H groups in total. The summed E-state index contributed by atoms with van der Waals surface area (Å²) in [6, 6.07) is 8.80. The molecule has 2 aromatic heterocycles. The van der Waals surface area contributed by atoms with Gasteiger partial charge < -0.3 is 19.9 Å². The van der Waals surface area contributed by atoms with E-state index < -0.39 is 6.09 Å². The van der Waals surface area contributed by atoms with Gasteiger partial charge in [0.05, 0.1) is 36.1 Å². The van der Waals surface area contributed by atoms with Crippen molar-refractivity contribution in [3.8, 4) is 16.9 Å². The minimum Gasteiger partial charge on any atom is -0.453 e. The number of aryl methyl sites for hydroxylation is 1. The summed E-state index contributed by atoms with van der Waals surface area (Å²) in [5.74, 6) is 0.503. The highest BCUT2D eigenvalue weighted by atomic mass is 35.5. The molecule has 0 atom stereocenters. The molecule has 0 spiro atoms. The van der Waals surface area contributed by atoms with Crippen molar-refractivity contribution < 1.29 is 14.3 Å². The number of amides is 2. The summed E-state index contributed by atoms with van der Waals surface area (Å²) in [5.41, 5.74) is 4.65. The number of carbonyl (C=O) groups excluding carboxylic acids is 2.